The van der Waals surface area contributed by atoms with E-state index in [4.69, 9.17) is 28.8 Å². The summed E-state index contributed by atoms with van der Waals surface area (Å²) in [6.45, 7) is 36.2. The van der Waals surface area contributed by atoms with Crippen molar-refractivity contribution in [3.8, 4) is 0 Å². The summed E-state index contributed by atoms with van der Waals surface area (Å²) in [5, 5.41) is 0. The first-order chi connectivity index (χ1) is 13.7. The maximum atomic E-state index is 6.81. The van der Waals surface area contributed by atoms with E-state index in [0.717, 1.165) is 0 Å². The monoisotopic (exact) mass is 592 g/mol. The van der Waals surface area contributed by atoms with Crippen molar-refractivity contribution in [2.45, 2.75) is 111 Å². The average Bonchev–Trinajstić information content (AvgIpc) is 2.22. The fourth-order valence-electron chi connectivity index (χ4n) is 3.52. The molecule has 7 nitrogen and oxygen atoms in total. The lowest BCUT2D eigenvalue weighted by Gasteiger charge is -2.45. The van der Waals surface area contributed by atoms with E-state index >= 15 is 0 Å². The van der Waals surface area contributed by atoms with Crippen molar-refractivity contribution < 1.29 is 28.8 Å². The predicted molar refractivity (Wildman–Crippen MR) is 155 cm³/mol. The van der Waals surface area contributed by atoms with Gasteiger partial charge in [0.25, 0.3) is 0 Å². The van der Waals surface area contributed by atoms with Gasteiger partial charge in [0.15, 0.2) is 42.3 Å². The van der Waals surface area contributed by atoms with Crippen LogP contribution in [0.2, 0.25) is 111 Å². The molecule has 0 fully saturated rings. The summed E-state index contributed by atoms with van der Waals surface area (Å²) in [6.07, 6.45) is 0. The van der Waals surface area contributed by atoms with Crippen LogP contribution in [-0.2, 0) is 28.8 Å². The molecule has 0 aliphatic carbocycles. The van der Waals surface area contributed by atoms with Crippen LogP contribution in [0.4, 0.5) is 0 Å². The Morgan fingerprint density at radius 2 is 0.562 bits per heavy atom. The van der Waals surface area contributed by atoms with Crippen LogP contribution >= 0.6 is 0 Å². The van der Waals surface area contributed by atoms with Crippen LogP contribution in [0.15, 0.2) is 0 Å². The quantitative estimate of drug-likeness (QED) is 0.225. The molecule has 0 saturated carbocycles. The van der Waals surface area contributed by atoms with E-state index in [9.17, 15) is 0 Å². The first-order valence-corrected chi connectivity index (χ1v) is 34.6. The molecule has 0 atom stereocenters. The summed E-state index contributed by atoms with van der Waals surface area (Å²) in [6, 6.07) is 0. The van der Waals surface area contributed by atoms with Gasteiger partial charge in [0.05, 0.1) is 0 Å². The highest BCUT2D eigenvalue weighted by molar-refractivity contribution is 6.92. The van der Waals surface area contributed by atoms with Gasteiger partial charge in [-0.3, -0.25) is 0 Å². The third-order valence-corrected chi connectivity index (χ3v) is 28.4. The lowest BCUT2D eigenvalue weighted by atomic mass is 11.8. The normalized spacial score (nSPS) is 15.6. The Balaban J connectivity index is 6.31. The molecular formula is C17H52O7Si8. The second kappa shape index (κ2) is 11.2. The van der Waals surface area contributed by atoms with Gasteiger partial charge >= 0.3 is 26.4 Å². The molecule has 0 aromatic rings. The van der Waals surface area contributed by atoms with Gasteiger partial charge < -0.3 is 28.8 Å². The van der Waals surface area contributed by atoms with Gasteiger partial charge in [0.2, 0.25) is 0 Å². The first kappa shape index (κ1) is 33.5. The number of hydrogen-bond donors (Lipinski definition) is 0. The van der Waals surface area contributed by atoms with Gasteiger partial charge in [0, 0.05) is 19.6 Å². The average molecular weight is 593 g/mol. The van der Waals surface area contributed by atoms with Crippen LogP contribution in [0.3, 0.4) is 0 Å². The molecule has 32 heavy (non-hydrogen) atoms. The highest BCUT2D eigenvalue weighted by Gasteiger charge is 2.57. The fourth-order valence-corrected chi connectivity index (χ4v) is 35.2. The number of rotatable bonds is 14. The third kappa shape index (κ3) is 16.2. The maximum absolute atomic E-state index is 6.81. The van der Waals surface area contributed by atoms with Gasteiger partial charge in [-0.15, -0.1) is 0 Å². The maximum Gasteiger partial charge on any atom is 0.472 e. The molecule has 194 valence electrons. The third-order valence-electron chi connectivity index (χ3n) is 3.16. The van der Waals surface area contributed by atoms with Crippen LogP contribution in [-0.4, -0.2) is 68.7 Å². The van der Waals surface area contributed by atoms with Gasteiger partial charge in [0.1, 0.15) is 0 Å². The van der Waals surface area contributed by atoms with Crippen molar-refractivity contribution in [2.75, 3.05) is 0 Å². The Labute approximate surface area is 208 Å². The molecule has 0 heterocycles. The van der Waals surface area contributed by atoms with Crippen LogP contribution in [0.1, 0.15) is 0 Å². The molecule has 0 aliphatic heterocycles. The Bertz CT molecular complexity index is 518. The largest absolute Gasteiger partial charge is 0.472 e. The second-order valence-corrected chi connectivity index (χ2v) is 42.8. The van der Waals surface area contributed by atoms with Crippen LogP contribution in [0.25, 0.3) is 0 Å². The standard InChI is InChI=1S/C17H52O7Si8/c1-25(2)18-30(15,23-31(16,19-26(3,4)5)20-27(6,7)8)24-32(17,21-28(9,10)11)22-29(12,13)14/h25H,1-17H3. The summed E-state index contributed by atoms with van der Waals surface area (Å²) < 4.78 is 46.6. The van der Waals surface area contributed by atoms with E-state index in [1.54, 1.807) is 0 Å². The molecular weight excluding hydrogens is 541 g/mol. The van der Waals surface area contributed by atoms with E-state index in [1.807, 2.05) is 19.6 Å². The predicted octanol–water partition coefficient (Wildman–Crippen LogP) is 6.13. The van der Waals surface area contributed by atoms with E-state index in [0.29, 0.717) is 0 Å². The zero-order chi connectivity index (χ0) is 26.0. The van der Waals surface area contributed by atoms with Crippen molar-refractivity contribution >= 4 is 68.7 Å². The lowest BCUT2D eigenvalue weighted by Crippen LogP contribution is -2.67. The van der Waals surface area contributed by atoms with Crippen LogP contribution < -0.4 is 0 Å². The Kier molecular flexibility index (Phi) is 11.7. The van der Waals surface area contributed by atoms with E-state index < -0.39 is 68.7 Å². The molecule has 0 radical (unpaired) electrons. The molecule has 0 rings (SSSR count). The highest BCUT2D eigenvalue weighted by Crippen LogP contribution is 2.31. The molecule has 0 amide bonds. The molecule has 0 aromatic carbocycles. The van der Waals surface area contributed by atoms with Gasteiger partial charge in [-0.2, -0.15) is 0 Å². The lowest BCUT2D eigenvalue weighted by molar-refractivity contribution is 0.153. The highest BCUT2D eigenvalue weighted by atomic mass is 28.6. The smallest absolute Gasteiger partial charge is 0.420 e. The first-order valence-electron chi connectivity index (χ1n) is 11.5. The molecule has 0 bridgehead atoms. The molecule has 0 unspecified atom stereocenters. The van der Waals surface area contributed by atoms with Crippen LogP contribution in [0, 0.1) is 0 Å². The number of hydrogen-bond acceptors (Lipinski definition) is 7. The summed E-state index contributed by atoms with van der Waals surface area (Å²) in [5.74, 6) is 0. The molecule has 0 aromatic heterocycles. The van der Waals surface area contributed by atoms with Crippen molar-refractivity contribution in [1.82, 2.24) is 0 Å². The van der Waals surface area contributed by atoms with Crippen molar-refractivity contribution in [3.05, 3.63) is 0 Å². The summed E-state index contributed by atoms with van der Waals surface area (Å²) >= 11 is 0. The minimum Gasteiger partial charge on any atom is -0.420 e. The van der Waals surface area contributed by atoms with Crippen molar-refractivity contribution in [1.29, 1.82) is 0 Å². The zero-order valence-electron chi connectivity index (χ0n) is 23.9. The van der Waals surface area contributed by atoms with Crippen molar-refractivity contribution in [2.24, 2.45) is 0 Å². The van der Waals surface area contributed by atoms with Gasteiger partial charge in [-0.1, -0.05) is 0 Å². The van der Waals surface area contributed by atoms with E-state index in [2.05, 4.69) is 91.7 Å². The van der Waals surface area contributed by atoms with Gasteiger partial charge in [-0.05, 0) is 91.7 Å². The topological polar surface area (TPSA) is 64.6 Å². The molecule has 0 spiro atoms. The summed E-state index contributed by atoms with van der Waals surface area (Å²) in [4.78, 5) is 0. The van der Waals surface area contributed by atoms with E-state index in [-0.39, 0.29) is 0 Å². The fraction of sp³-hybridized carbons (Fsp3) is 1.00. The zero-order valence-corrected chi connectivity index (χ0v) is 32.1. The Hall–Kier alpha value is 1.46. The summed E-state index contributed by atoms with van der Waals surface area (Å²) in [7, 11) is -18.6. The molecule has 0 aliphatic rings. The minimum absolute atomic E-state index is 1.51. The second-order valence-electron chi connectivity index (χ2n) is 12.8. The molecule has 0 N–H and O–H groups in total. The Morgan fingerprint density at radius 1 is 0.344 bits per heavy atom. The van der Waals surface area contributed by atoms with Crippen molar-refractivity contribution in [3.63, 3.8) is 0 Å². The SMILES string of the molecule is C[SiH](C)O[Si](C)(O[Si](C)(O[Si](C)(C)C)O[Si](C)(C)C)O[Si](C)(O[Si](C)(C)C)O[Si](C)(C)C. The van der Waals surface area contributed by atoms with Gasteiger partial charge in [-0.25, -0.2) is 0 Å². The molecule has 15 heteroatoms. The Morgan fingerprint density at radius 3 is 0.719 bits per heavy atom. The summed E-state index contributed by atoms with van der Waals surface area (Å²) in [5.41, 5.74) is 0. The van der Waals surface area contributed by atoms with E-state index in [1.165, 1.54) is 0 Å². The minimum atomic E-state index is -3.21. The van der Waals surface area contributed by atoms with Crippen LogP contribution in [0.5, 0.6) is 0 Å². The molecule has 0 saturated heterocycles.